The summed E-state index contributed by atoms with van der Waals surface area (Å²) in [5.41, 5.74) is 1.75. The summed E-state index contributed by atoms with van der Waals surface area (Å²) in [6.45, 7) is 1.15. The van der Waals surface area contributed by atoms with Crippen molar-refractivity contribution in [2.75, 3.05) is 0 Å². The monoisotopic (exact) mass is 609 g/mol. The van der Waals surface area contributed by atoms with E-state index in [9.17, 15) is 28.3 Å². The molecular formula is C31H23F4N3O6. The second kappa shape index (κ2) is 12.5. The molecule has 0 radical (unpaired) electrons. The molecule has 5 rings (SSSR count). The van der Waals surface area contributed by atoms with Crippen LogP contribution in [0, 0.1) is 17.1 Å². The number of carbonyl (C=O) groups is 1. The Bertz CT molecular complexity index is 1770. The van der Waals surface area contributed by atoms with Crippen molar-refractivity contribution in [3.63, 3.8) is 0 Å². The highest BCUT2D eigenvalue weighted by molar-refractivity contribution is 5.98. The van der Waals surface area contributed by atoms with Gasteiger partial charge in [0.05, 0.1) is 28.5 Å². The van der Waals surface area contributed by atoms with Crippen molar-refractivity contribution in [2.45, 2.75) is 45.3 Å². The fourth-order valence-corrected chi connectivity index (χ4v) is 4.41. The molecule has 226 valence electrons. The molecule has 0 unspecified atom stereocenters. The van der Waals surface area contributed by atoms with Crippen molar-refractivity contribution in [1.82, 2.24) is 5.16 Å². The average molecular weight is 610 g/mol. The Balaban J connectivity index is 1.31. The van der Waals surface area contributed by atoms with Crippen molar-refractivity contribution in [2.24, 2.45) is 5.16 Å². The number of hydrogen-bond donors (Lipinski definition) is 1. The normalized spacial score (nSPS) is 13.3. The molecule has 0 amide bonds. The highest BCUT2D eigenvalue weighted by Crippen LogP contribution is 2.45. The fourth-order valence-electron chi connectivity index (χ4n) is 4.41. The quantitative estimate of drug-likeness (QED) is 0.106. The summed E-state index contributed by atoms with van der Waals surface area (Å²) in [5.74, 6) is -1.97. The van der Waals surface area contributed by atoms with Crippen molar-refractivity contribution < 1.29 is 46.3 Å². The maximum absolute atomic E-state index is 15.1. The molecule has 1 aliphatic rings. The van der Waals surface area contributed by atoms with Crippen LogP contribution in [0.3, 0.4) is 0 Å². The molecule has 0 atom stereocenters. The van der Waals surface area contributed by atoms with Crippen LogP contribution < -0.4 is 9.47 Å². The minimum absolute atomic E-state index is 0.0117. The van der Waals surface area contributed by atoms with Crippen LogP contribution in [0.25, 0.3) is 11.3 Å². The van der Waals surface area contributed by atoms with Gasteiger partial charge in [-0.1, -0.05) is 22.4 Å². The van der Waals surface area contributed by atoms with Crippen molar-refractivity contribution in [1.29, 1.82) is 5.26 Å². The van der Waals surface area contributed by atoms with Crippen LogP contribution >= 0.6 is 0 Å². The number of ether oxygens (including phenoxy) is 2. The van der Waals surface area contributed by atoms with E-state index in [0.29, 0.717) is 28.2 Å². The molecule has 1 aromatic heterocycles. The number of alkyl halides is 3. The van der Waals surface area contributed by atoms with Gasteiger partial charge in [-0.05, 0) is 68.3 Å². The summed E-state index contributed by atoms with van der Waals surface area (Å²) in [7, 11) is 0. The van der Waals surface area contributed by atoms with Gasteiger partial charge in [0.25, 0.3) is 0 Å². The zero-order valence-electron chi connectivity index (χ0n) is 23.0. The van der Waals surface area contributed by atoms with E-state index in [1.807, 2.05) is 6.07 Å². The zero-order chi connectivity index (χ0) is 31.4. The van der Waals surface area contributed by atoms with Gasteiger partial charge in [-0.25, -0.2) is 9.18 Å². The number of hydrogen-bond acceptors (Lipinski definition) is 8. The standard InChI is InChI=1S/C31H23F4N3O6/c1-17(37-42-15-22-12-20(30(39)40)8-9-21(22)14-36)19-10-11-27(25(32)13-19)41-16-24-28(38-44-29(24)18-6-7-18)23-4-2-3-5-26(23)43-31(33,34)35/h2-5,8-13,18H,6-7,15-16H2,1H3,(H,39,40)/b37-17+. The van der Waals surface area contributed by atoms with Gasteiger partial charge in [-0.3, -0.25) is 0 Å². The Morgan fingerprint density at radius 1 is 1.09 bits per heavy atom. The first-order valence-corrected chi connectivity index (χ1v) is 13.2. The minimum Gasteiger partial charge on any atom is -0.486 e. The Labute approximate surface area is 247 Å². The number of carboxylic acid groups (broad SMARTS) is 1. The molecule has 0 aliphatic heterocycles. The Morgan fingerprint density at radius 2 is 1.84 bits per heavy atom. The summed E-state index contributed by atoms with van der Waals surface area (Å²) in [6.07, 6.45) is -3.29. The first-order chi connectivity index (χ1) is 21.0. The molecule has 1 heterocycles. The van der Waals surface area contributed by atoms with E-state index >= 15 is 4.39 Å². The number of nitrogens with zero attached hydrogens (tertiary/aromatic N) is 3. The molecule has 0 spiro atoms. The minimum atomic E-state index is -4.92. The first-order valence-electron chi connectivity index (χ1n) is 13.2. The Hall–Kier alpha value is -5.38. The summed E-state index contributed by atoms with van der Waals surface area (Å²) >= 11 is 0. The molecule has 0 saturated heterocycles. The highest BCUT2D eigenvalue weighted by Gasteiger charge is 2.36. The van der Waals surface area contributed by atoms with Crippen LogP contribution in [0.4, 0.5) is 17.6 Å². The smallest absolute Gasteiger partial charge is 0.486 e. The number of nitriles is 1. The van der Waals surface area contributed by atoms with Crippen LogP contribution in [0.1, 0.15) is 64.1 Å². The maximum atomic E-state index is 15.1. The van der Waals surface area contributed by atoms with Crippen LogP contribution in [0.2, 0.25) is 0 Å². The predicted molar refractivity (Wildman–Crippen MR) is 146 cm³/mol. The van der Waals surface area contributed by atoms with Crippen molar-refractivity contribution in [3.05, 3.63) is 100 Å². The van der Waals surface area contributed by atoms with Crippen molar-refractivity contribution in [3.8, 4) is 28.8 Å². The lowest BCUT2D eigenvalue weighted by Crippen LogP contribution is -2.17. The number of halogens is 4. The van der Waals surface area contributed by atoms with E-state index in [2.05, 4.69) is 15.0 Å². The van der Waals surface area contributed by atoms with E-state index in [4.69, 9.17) is 14.1 Å². The van der Waals surface area contributed by atoms with E-state index < -0.39 is 23.9 Å². The van der Waals surface area contributed by atoms with Crippen molar-refractivity contribution >= 4 is 11.7 Å². The molecule has 1 N–H and O–H groups in total. The van der Waals surface area contributed by atoms with Gasteiger partial charge in [-0.15, -0.1) is 13.2 Å². The molecule has 3 aromatic carbocycles. The lowest BCUT2D eigenvalue weighted by atomic mass is 10.0. The topological polar surface area (TPSA) is 127 Å². The lowest BCUT2D eigenvalue weighted by molar-refractivity contribution is -0.274. The van der Waals surface area contributed by atoms with E-state index in [0.717, 1.165) is 12.8 Å². The largest absolute Gasteiger partial charge is 0.573 e. The number of carboxylic acids is 1. The third-order valence-electron chi connectivity index (χ3n) is 6.75. The third-order valence-corrected chi connectivity index (χ3v) is 6.75. The molecular weight excluding hydrogens is 586 g/mol. The van der Waals surface area contributed by atoms with Crippen LogP contribution in [-0.2, 0) is 18.1 Å². The first kappa shape index (κ1) is 30.1. The van der Waals surface area contributed by atoms with Gasteiger partial charge in [0, 0.05) is 22.6 Å². The van der Waals surface area contributed by atoms with Gasteiger partial charge in [-0.2, -0.15) is 5.26 Å². The molecule has 1 aliphatic carbocycles. The number of benzene rings is 3. The molecule has 13 heteroatoms. The zero-order valence-corrected chi connectivity index (χ0v) is 23.0. The lowest BCUT2D eigenvalue weighted by Gasteiger charge is -2.13. The van der Waals surface area contributed by atoms with E-state index in [1.54, 1.807) is 6.92 Å². The number of aromatic carboxylic acids is 1. The summed E-state index contributed by atoms with van der Waals surface area (Å²) in [5, 5.41) is 26.4. The van der Waals surface area contributed by atoms with Gasteiger partial charge >= 0.3 is 12.3 Å². The summed E-state index contributed by atoms with van der Waals surface area (Å²) in [4.78, 5) is 16.5. The van der Waals surface area contributed by atoms with Gasteiger partial charge in [0.2, 0.25) is 0 Å². The Morgan fingerprint density at radius 3 is 2.52 bits per heavy atom. The molecule has 4 aromatic rings. The number of aromatic nitrogens is 1. The summed E-state index contributed by atoms with van der Waals surface area (Å²) in [6, 6.07) is 15.6. The second-order valence-electron chi connectivity index (χ2n) is 9.87. The second-order valence-corrected chi connectivity index (χ2v) is 9.87. The average Bonchev–Trinajstić information content (AvgIpc) is 3.75. The Kier molecular flexibility index (Phi) is 8.52. The fraction of sp³-hybridized carbons (Fsp3) is 0.226. The van der Waals surface area contributed by atoms with Gasteiger partial charge < -0.3 is 23.9 Å². The number of para-hydroxylation sites is 1. The maximum Gasteiger partial charge on any atom is 0.573 e. The van der Waals surface area contributed by atoms with Crippen LogP contribution in [0.5, 0.6) is 11.5 Å². The summed E-state index contributed by atoms with van der Waals surface area (Å²) < 4.78 is 69.6. The molecule has 1 fully saturated rings. The van der Waals surface area contributed by atoms with Gasteiger partial charge in [0.1, 0.15) is 30.4 Å². The molecule has 1 saturated carbocycles. The molecule has 9 nitrogen and oxygen atoms in total. The molecule has 44 heavy (non-hydrogen) atoms. The van der Waals surface area contributed by atoms with E-state index in [1.165, 1.54) is 60.7 Å². The predicted octanol–water partition coefficient (Wildman–Crippen LogP) is 7.35. The van der Waals surface area contributed by atoms with Crippen LogP contribution in [-0.4, -0.2) is 28.3 Å². The number of rotatable bonds is 11. The highest BCUT2D eigenvalue weighted by atomic mass is 19.4. The third kappa shape index (κ3) is 6.97. The van der Waals surface area contributed by atoms with Crippen LogP contribution in [0.15, 0.2) is 70.3 Å². The molecule has 0 bridgehead atoms. The SMILES string of the molecule is C/C(=N\OCc1cc(C(=O)O)ccc1C#N)c1ccc(OCc2c(-c3ccccc3OC(F)(F)F)noc2C2CC2)c(F)c1. The van der Waals surface area contributed by atoms with Gasteiger partial charge in [0.15, 0.2) is 11.6 Å². The number of oxime groups is 1. The van der Waals surface area contributed by atoms with E-state index in [-0.39, 0.29) is 47.3 Å².